The topological polar surface area (TPSA) is 84.0 Å². The fourth-order valence-corrected chi connectivity index (χ4v) is 3.76. The first-order chi connectivity index (χ1) is 11.0. The standard InChI is InChI=1S/C15H30N2O5SSi/c1-23(20,21)10-7-5-6-8-16-12-14(18)17(15(16)19)13-22-9-11-24(2,3)4/h5-13H2,1-4H3. The second-order valence-corrected chi connectivity index (χ2v) is 15.4. The van der Waals surface area contributed by atoms with Gasteiger partial charge in [0, 0.05) is 33.2 Å². The molecule has 140 valence electrons. The average Bonchev–Trinajstić information content (AvgIpc) is 2.67. The molecule has 1 saturated heterocycles. The van der Waals surface area contributed by atoms with Gasteiger partial charge in [0.1, 0.15) is 23.1 Å². The highest BCUT2D eigenvalue weighted by Gasteiger charge is 2.35. The first-order valence-corrected chi connectivity index (χ1v) is 14.1. The summed E-state index contributed by atoms with van der Waals surface area (Å²) in [6, 6.07) is 0.684. The van der Waals surface area contributed by atoms with Crippen LogP contribution >= 0.6 is 0 Å². The van der Waals surface area contributed by atoms with E-state index in [9.17, 15) is 18.0 Å². The van der Waals surface area contributed by atoms with E-state index in [1.165, 1.54) is 11.2 Å². The predicted octanol–water partition coefficient (Wildman–Crippen LogP) is 1.78. The van der Waals surface area contributed by atoms with E-state index >= 15 is 0 Å². The molecule has 0 bridgehead atoms. The maximum absolute atomic E-state index is 12.2. The van der Waals surface area contributed by atoms with Crippen molar-refractivity contribution in [1.29, 1.82) is 0 Å². The van der Waals surface area contributed by atoms with E-state index in [4.69, 9.17) is 4.74 Å². The zero-order chi connectivity index (χ0) is 18.4. The van der Waals surface area contributed by atoms with E-state index in [0.29, 0.717) is 26.0 Å². The Morgan fingerprint density at radius 3 is 2.38 bits per heavy atom. The zero-order valence-corrected chi connectivity index (χ0v) is 17.0. The van der Waals surface area contributed by atoms with Gasteiger partial charge in [-0.3, -0.25) is 4.79 Å². The number of ether oxygens (including phenoxy) is 1. The van der Waals surface area contributed by atoms with Crippen LogP contribution in [-0.4, -0.2) is 76.7 Å². The van der Waals surface area contributed by atoms with Crippen molar-refractivity contribution in [3.8, 4) is 0 Å². The quantitative estimate of drug-likeness (QED) is 0.311. The Morgan fingerprint density at radius 1 is 1.12 bits per heavy atom. The van der Waals surface area contributed by atoms with Crippen molar-refractivity contribution in [2.75, 3.05) is 38.4 Å². The Hall–Kier alpha value is -0.933. The molecule has 0 spiro atoms. The van der Waals surface area contributed by atoms with Crippen LogP contribution in [0.1, 0.15) is 19.3 Å². The maximum atomic E-state index is 12.2. The minimum absolute atomic E-state index is 0.0206. The summed E-state index contributed by atoms with van der Waals surface area (Å²) in [7, 11) is -4.12. The summed E-state index contributed by atoms with van der Waals surface area (Å²) in [5, 5.41) is 0. The molecule has 0 radical (unpaired) electrons. The van der Waals surface area contributed by atoms with Gasteiger partial charge in [-0.1, -0.05) is 26.1 Å². The molecule has 1 aliphatic rings. The number of rotatable bonds is 11. The van der Waals surface area contributed by atoms with Crippen molar-refractivity contribution in [3.05, 3.63) is 0 Å². The van der Waals surface area contributed by atoms with Gasteiger partial charge in [-0.2, -0.15) is 0 Å². The minimum atomic E-state index is -2.93. The van der Waals surface area contributed by atoms with Gasteiger partial charge in [0.15, 0.2) is 0 Å². The van der Waals surface area contributed by atoms with Gasteiger partial charge in [-0.05, 0) is 18.9 Å². The van der Waals surface area contributed by atoms with Gasteiger partial charge in [0.05, 0.1) is 0 Å². The van der Waals surface area contributed by atoms with Gasteiger partial charge >= 0.3 is 6.03 Å². The molecule has 0 atom stereocenters. The number of nitrogens with zero attached hydrogens (tertiary/aromatic N) is 2. The number of sulfone groups is 1. The number of carbonyl (C=O) groups excluding carboxylic acids is 2. The van der Waals surface area contributed by atoms with Crippen molar-refractivity contribution >= 4 is 29.8 Å². The molecule has 1 aliphatic heterocycles. The Bertz CT molecular complexity index is 545. The van der Waals surface area contributed by atoms with Crippen LogP contribution in [0.5, 0.6) is 0 Å². The fraction of sp³-hybridized carbons (Fsp3) is 0.867. The van der Waals surface area contributed by atoms with Gasteiger partial charge in [0.2, 0.25) is 0 Å². The summed E-state index contributed by atoms with van der Waals surface area (Å²) in [5.41, 5.74) is 0. The van der Waals surface area contributed by atoms with Crippen molar-refractivity contribution < 1.29 is 22.7 Å². The number of unbranched alkanes of at least 4 members (excludes halogenated alkanes) is 2. The maximum Gasteiger partial charge on any atom is 0.329 e. The first kappa shape index (κ1) is 21.1. The first-order valence-electron chi connectivity index (χ1n) is 8.34. The molecule has 0 N–H and O–H groups in total. The molecule has 1 fully saturated rings. The van der Waals surface area contributed by atoms with E-state index in [1.54, 1.807) is 0 Å². The van der Waals surface area contributed by atoms with Gasteiger partial charge in [-0.25, -0.2) is 18.1 Å². The predicted molar refractivity (Wildman–Crippen MR) is 96.3 cm³/mol. The van der Waals surface area contributed by atoms with Gasteiger partial charge in [-0.15, -0.1) is 0 Å². The third-order valence-corrected chi connectivity index (χ3v) is 6.52. The molecule has 7 nitrogen and oxygen atoms in total. The van der Waals surface area contributed by atoms with Crippen LogP contribution in [0, 0.1) is 0 Å². The fourth-order valence-electron chi connectivity index (χ4n) is 2.27. The van der Waals surface area contributed by atoms with E-state index < -0.39 is 17.9 Å². The normalized spacial score (nSPS) is 16.3. The third kappa shape index (κ3) is 8.25. The molecule has 0 saturated carbocycles. The van der Waals surface area contributed by atoms with E-state index in [1.807, 2.05) is 0 Å². The largest absolute Gasteiger partial charge is 0.361 e. The molecule has 3 amide bonds. The van der Waals surface area contributed by atoms with Crippen molar-refractivity contribution in [2.24, 2.45) is 0 Å². The summed E-state index contributed by atoms with van der Waals surface area (Å²) in [6.45, 7) is 7.88. The molecular weight excluding hydrogens is 348 g/mol. The van der Waals surface area contributed by atoms with E-state index in [0.717, 1.165) is 17.4 Å². The van der Waals surface area contributed by atoms with Crippen LogP contribution in [0.25, 0.3) is 0 Å². The highest BCUT2D eigenvalue weighted by Crippen LogP contribution is 2.13. The second-order valence-electron chi connectivity index (χ2n) is 7.56. The number of urea groups is 1. The van der Waals surface area contributed by atoms with Gasteiger partial charge in [0.25, 0.3) is 5.91 Å². The number of hydrogen-bond acceptors (Lipinski definition) is 5. The monoisotopic (exact) mass is 378 g/mol. The molecular formula is C15H30N2O5SSi. The molecule has 1 rings (SSSR count). The summed E-state index contributed by atoms with van der Waals surface area (Å²) in [5.74, 6) is -0.0687. The van der Waals surface area contributed by atoms with Crippen molar-refractivity contribution in [3.63, 3.8) is 0 Å². The molecule has 0 aromatic heterocycles. The highest BCUT2D eigenvalue weighted by atomic mass is 32.2. The van der Waals surface area contributed by atoms with Crippen LogP contribution < -0.4 is 0 Å². The number of amides is 3. The molecule has 1 heterocycles. The Balaban J connectivity index is 2.28. The summed E-state index contributed by atoms with van der Waals surface area (Å²) < 4.78 is 27.6. The van der Waals surface area contributed by atoms with Crippen LogP contribution in [0.4, 0.5) is 4.79 Å². The van der Waals surface area contributed by atoms with Crippen molar-refractivity contribution in [1.82, 2.24) is 9.80 Å². The molecule has 0 aromatic carbocycles. The Labute approximate surface area is 146 Å². The number of carbonyl (C=O) groups is 2. The van der Waals surface area contributed by atoms with Crippen LogP contribution in [0.15, 0.2) is 0 Å². The molecule has 24 heavy (non-hydrogen) atoms. The van der Waals surface area contributed by atoms with Crippen molar-refractivity contribution in [2.45, 2.75) is 44.9 Å². The number of hydrogen-bond donors (Lipinski definition) is 0. The second kappa shape index (κ2) is 8.96. The average molecular weight is 379 g/mol. The molecule has 0 aromatic rings. The summed E-state index contributed by atoms with van der Waals surface area (Å²) in [4.78, 5) is 26.8. The SMILES string of the molecule is C[Si](C)(C)CCOCN1C(=O)CN(CCCCCS(C)(=O)=O)C1=O. The number of imide groups is 1. The van der Waals surface area contributed by atoms with Crippen LogP contribution in [0.3, 0.4) is 0 Å². The highest BCUT2D eigenvalue weighted by molar-refractivity contribution is 7.90. The lowest BCUT2D eigenvalue weighted by Gasteiger charge is -2.19. The van der Waals surface area contributed by atoms with Gasteiger partial charge < -0.3 is 9.64 Å². The molecule has 0 unspecified atom stereocenters. The smallest absolute Gasteiger partial charge is 0.329 e. The van der Waals surface area contributed by atoms with E-state index in [2.05, 4.69) is 19.6 Å². The zero-order valence-electron chi connectivity index (χ0n) is 15.2. The van der Waals surface area contributed by atoms with Crippen LogP contribution in [-0.2, 0) is 19.4 Å². The third-order valence-electron chi connectivity index (χ3n) is 3.79. The lowest BCUT2D eigenvalue weighted by Crippen LogP contribution is -2.35. The summed E-state index contributed by atoms with van der Waals surface area (Å²) in [6.07, 6.45) is 3.21. The minimum Gasteiger partial charge on any atom is -0.361 e. The molecule has 9 heteroatoms. The lowest BCUT2D eigenvalue weighted by atomic mass is 10.2. The van der Waals surface area contributed by atoms with E-state index in [-0.39, 0.29) is 31.0 Å². The Morgan fingerprint density at radius 2 is 1.79 bits per heavy atom. The lowest BCUT2D eigenvalue weighted by molar-refractivity contribution is -0.128. The Kier molecular flexibility index (Phi) is 7.88. The van der Waals surface area contributed by atoms with Crippen LogP contribution in [0.2, 0.25) is 25.7 Å². The molecule has 0 aliphatic carbocycles. The summed E-state index contributed by atoms with van der Waals surface area (Å²) >= 11 is 0.